The van der Waals surface area contributed by atoms with Crippen molar-refractivity contribution in [3.05, 3.63) is 59.4 Å². The number of halogens is 4. The minimum Gasteiger partial charge on any atom is -0.317 e. The molecule has 0 bridgehead atoms. The number of imidazole rings is 1. The number of hydrogen-bond acceptors (Lipinski definition) is 4. The van der Waals surface area contributed by atoms with Crippen molar-refractivity contribution in [1.82, 2.24) is 18.8 Å². The van der Waals surface area contributed by atoms with Crippen molar-refractivity contribution in [3.8, 4) is 0 Å². The largest absolute Gasteiger partial charge is 0.416 e. The van der Waals surface area contributed by atoms with Gasteiger partial charge in [-0.25, -0.2) is 13.4 Å². The van der Waals surface area contributed by atoms with Crippen molar-refractivity contribution >= 4 is 32.7 Å². The third kappa shape index (κ3) is 4.04. The minimum absolute atomic E-state index is 0.154. The number of sulfonamides is 1. The van der Waals surface area contributed by atoms with Crippen LogP contribution in [0.1, 0.15) is 5.56 Å². The quantitative estimate of drug-likeness (QED) is 0.598. The zero-order chi connectivity index (χ0) is 21.5. The molecule has 0 aliphatic carbocycles. The van der Waals surface area contributed by atoms with Crippen molar-refractivity contribution in [3.63, 3.8) is 0 Å². The highest BCUT2D eigenvalue weighted by molar-refractivity contribution is 7.89. The third-order valence-electron chi connectivity index (χ3n) is 5.09. The van der Waals surface area contributed by atoms with E-state index in [1.54, 1.807) is 6.33 Å². The van der Waals surface area contributed by atoms with E-state index in [1.165, 1.54) is 4.31 Å². The molecule has 1 aliphatic heterocycles. The maximum Gasteiger partial charge on any atom is 0.416 e. The summed E-state index contributed by atoms with van der Waals surface area (Å²) >= 11 is 5.94. The molecule has 0 N–H and O–H groups in total. The molecular weight excluding hydrogens is 441 g/mol. The molecule has 1 saturated heterocycles. The molecule has 30 heavy (non-hydrogen) atoms. The van der Waals surface area contributed by atoms with E-state index < -0.39 is 26.7 Å². The van der Waals surface area contributed by atoms with Gasteiger partial charge in [0.1, 0.15) is 4.90 Å². The lowest BCUT2D eigenvalue weighted by molar-refractivity contribution is -0.137. The first kappa shape index (κ1) is 21.1. The van der Waals surface area contributed by atoms with Crippen LogP contribution in [0.25, 0.3) is 11.0 Å². The number of alkyl halides is 3. The van der Waals surface area contributed by atoms with Crippen LogP contribution in [0.3, 0.4) is 0 Å². The molecule has 4 rings (SSSR count). The molecule has 2 aromatic carbocycles. The van der Waals surface area contributed by atoms with Crippen molar-refractivity contribution in [2.24, 2.45) is 0 Å². The molecule has 1 aromatic heterocycles. The number of rotatable bonds is 4. The predicted octanol–water partition coefficient (Wildman–Crippen LogP) is 3.67. The number of nitrogens with zero attached hydrogens (tertiary/aromatic N) is 4. The number of fused-ring (bicyclic) bond motifs is 1. The molecule has 0 radical (unpaired) electrons. The Bertz CT molecular complexity index is 1170. The first-order valence-corrected chi connectivity index (χ1v) is 11.0. The number of benzene rings is 2. The van der Waals surface area contributed by atoms with Crippen LogP contribution in [0, 0.1) is 0 Å². The summed E-state index contributed by atoms with van der Waals surface area (Å²) < 4.78 is 68.0. The molecule has 0 unspecified atom stereocenters. The normalized spacial score (nSPS) is 16.9. The Hall–Kier alpha value is -2.14. The van der Waals surface area contributed by atoms with Crippen LogP contribution >= 0.6 is 11.6 Å². The van der Waals surface area contributed by atoms with Crippen molar-refractivity contribution in [1.29, 1.82) is 0 Å². The first-order chi connectivity index (χ1) is 14.2. The van der Waals surface area contributed by atoms with Gasteiger partial charge in [-0.1, -0.05) is 23.7 Å². The minimum atomic E-state index is -4.65. The highest BCUT2D eigenvalue weighted by Gasteiger charge is 2.35. The fourth-order valence-corrected chi connectivity index (χ4v) is 5.39. The lowest BCUT2D eigenvalue weighted by Gasteiger charge is -2.34. The number of aromatic nitrogens is 2. The van der Waals surface area contributed by atoms with Gasteiger partial charge in [0, 0.05) is 26.2 Å². The topological polar surface area (TPSA) is 58.4 Å². The number of hydrogen-bond donors (Lipinski definition) is 0. The molecule has 1 aliphatic rings. The smallest absolute Gasteiger partial charge is 0.317 e. The molecule has 3 aromatic rings. The van der Waals surface area contributed by atoms with Crippen LogP contribution < -0.4 is 0 Å². The van der Waals surface area contributed by atoms with Crippen molar-refractivity contribution in [2.75, 3.05) is 26.2 Å². The van der Waals surface area contributed by atoms with Gasteiger partial charge in [-0.3, -0.25) is 4.90 Å². The van der Waals surface area contributed by atoms with Gasteiger partial charge < -0.3 is 4.57 Å². The molecule has 11 heteroatoms. The van der Waals surface area contributed by atoms with Crippen LogP contribution in [0.4, 0.5) is 13.2 Å². The zero-order valence-electron chi connectivity index (χ0n) is 15.7. The van der Waals surface area contributed by atoms with E-state index >= 15 is 0 Å². The summed E-state index contributed by atoms with van der Waals surface area (Å²) in [5, 5.41) is -0.227. The first-order valence-electron chi connectivity index (χ1n) is 9.15. The van der Waals surface area contributed by atoms with E-state index in [0.717, 1.165) is 23.2 Å². The molecular formula is C19H18ClF3N4O2S. The molecule has 0 atom stereocenters. The molecule has 0 saturated carbocycles. The Balaban J connectivity index is 1.48. The fourth-order valence-electron chi connectivity index (χ4n) is 3.47. The summed E-state index contributed by atoms with van der Waals surface area (Å²) in [5.41, 5.74) is 0.803. The maximum atomic E-state index is 13.0. The van der Waals surface area contributed by atoms with Gasteiger partial charge in [0.05, 0.1) is 34.6 Å². The standard InChI is InChI=1S/C19H18ClF3N4O2S/c20-15-6-5-14(19(21,22)23)11-18(15)30(28,29)27-9-7-25(8-10-27)13-26-12-24-16-3-1-2-4-17(16)26/h1-6,11-12H,7-10,13H2. The lowest BCUT2D eigenvalue weighted by atomic mass is 10.2. The highest BCUT2D eigenvalue weighted by Crippen LogP contribution is 2.34. The van der Waals surface area contributed by atoms with E-state index in [-0.39, 0.29) is 18.1 Å². The molecule has 6 nitrogen and oxygen atoms in total. The molecule has 160 valence electrons. The van der Waals surface area contributed by atoms with Crippen molar-refractivity contribution < 1.29 is 21.6 Å². The van der Waals surface area contributed by atoms with Gasteiger partial charge in [0.2, 0.25) is 10.0 Å². The van der Waals surface area contributed by atoms with E-state index in [4.69, 9.17) is 11.6 Å². The SMILES string of the molecule is O=S(=O)(c1cc(C(F)(F)F)ccc1Cl)N1CCN(Cn2cnc3ccccc32)CC1. The van der Waals surface area contributed by atoms with Crippen molar-refractivity contribution in [2.45, 2.75) is 17.7 Å². The summed E-state index contributed by atoms with van der Waals surface area (Å²) in [7, 11) is -4.14. The van der Waals surface area contributed by atoms with Gasteiger partial charge >= 0.3 is 6.18 Å². The number of para-hydroxylation sites is 2. The second-order valence-electron chi connectivity index (χ2n) is 7.01. The third-order valence-corrected chi connectivity index (χ3v) is 7.47. The van der Waals surface area contributed by atoms with Gasteiger partial charge in [-0.2, -0.15) is 17.5 Å². The summed E-state index contributed by atoms with van der Waals surface area (Å²) in [6.07, 6.45) is -2.92. The highest BCUT2D eigenvalue weighted by atomic mass is 35.5. The van der Waals surface area contributed by atoms with Gasteiger partial charge in [-0.05, 0) is 30.3 Å². The summed E-state index contributed by atoms with van der Waals surface area (Å²) in [4.78, 5) is 5.88. The fraction of sp³-hybridized carbons (Fsp3) is 0.316. The van der Waals surface area contributed by atoms with Gasteiger partial charge in [0.15, 0.2) is 0 Å². The van der Waals surface area contributed by atoms with Gasteiger partial charge in [0.25, 0.3) is 0 Å². The lowest BCUT2D eigenvalue weighted by Crippen LogP contribution is -2.48. The van der Waals surface area contributed by atoms with Crippen LogP contribution in [-0.4, -0.2) is 53.4 Å². The Morgan fingerprint density at radius 1 is 1.03 bits per heavy atom. The Morgan fingerprint density at radius 2 is 1.73 bits per heavy atom. The maximum absolute atomic E-state index is 13.0. The molecule has 1 fully saturated rings. The average molecular weight is 459 g/mol. The van der Waals surface area contributed by atoms with Crippen LogP contribution in [0.5, 0.6) is 0 Å². The predicted molar refractivity (Wildman–Crippen MR) is 107 cm³/mol. The van der Waals surface area contributed by atoms with E-state index in [9.17, 15) is 21.6 Å². The summed E-state index contributed by atoms with van der Waals surface area (Å²) in [6.45, 7) is 1.71. The Morgan fingerprint density at radius 3 is 2.43 bits per heavy atom. The molecule has 0 amide bonds. The molecule has 2 heterocycles. The van der Waals surface area contributed by atoms with Crippen LogP contribution in [-0.2, 0) is 22.9 Å². The van der Waals surface area contributed by atoms with E-state index in [1.807, 2.05) is 28.8 Å². The van der Waals surface area contributed by atoms with Gasteiger partial charge in [-0.15, -0.1) is 0 Å². The van der Waals surface area contributed by atoms with E-state index in [2.05, 4.69) is 9.88 Å². The second kappa shape index (κ2) is 7.84. The molecule has 0 spiro atoms. The Kier molecular flexibility index (Phi) is 5.52. The monoisotopic (exact) mass is 458 g/mol. The van der Waals surface area contributed by atoms with Crippen LogP contribution in [0.15, 0.2) is 53.7 Å². The van der Waals surface area contributed by atoms with E-state index in [0.29, 0.717) is 25.8 Å². The number of piperazine rings is 1. The summed E-state index contributed by atoms with van der Waals surface area (Å²) in [6, 6.07) is 10.0. The zero-order valence-corrected chi connectivity index (χ0v) is 17.3. The Labute approximate surface area is 176 Å². The summed E-state index contributed by atoms with van der Waals surface area (Å²) in [5.74, 6) is 0. The second-order valence-corrected chi connectivity index (χ2v) is 9.32. The average Bonchev–Trinajstić information content (AvgIpc) is 3.11. The van der Waals surface area contributed by atoms with Crippen LogP contribution in [0.2, 0.25) is 5.02 Å².